The summed E-state index contributed by atoms with van der Waals surface area (Å²) in [6.07, 6.45) is -0.352. The molecule has 1 aromatic rings. The first-order chi connectivity index (χ1) is 9.19. The van der Waals surface area contributed by atoms with E-state index in [4.69, 9.17) is 9.47 Å². The number of imide groups is 1. The van der Waals surface area contributed by atoms with Crippen molar-refractivity contribution in [1.29, 1.82) is 0 Å². The highest BCUT2D eigenvalue weighted by Gasteiger charge is 2.23. The van der Waals surface area contributed by atoms with Crippen LogP contribution >= 0.6 is 0 Å². The van der Waals surface area contributed by atoms with E-state index in [-0.39, 0.29) is 13.2 Å². The molecule has 0 aliphatic carbocycles. The van der Waals surface area contributed by atoms with Crippen molar-refractivity contribution in [2.75, 3.05) is 13.2 Å². The molecule has 0 atom stereocenters. The number of hydrogen-bond donors (Lipinski definition) is 0. The maximum atomic E-state index is 11.6. The fraction of sp³-hybridized carbons (Fsp3) is 0.308. The Labute approximate surface area is 111 Å². The van der Waals surface area contributed by atoms with Crippen molar-refractivity contribution in [1.82, 2.24) is 5.01 Å². The molecule has 0 bridgehead atoms. The molecule has 102 valence electrons. The topological polar surface area (TPSA) is 68.2 Å². The van der Waals surface area contributed by atoms with Crippen LogP contribution in [0, 0.1) is 0 Å². The van der Waals surface area contributed by atoms with E-state index in [2.05, 4.69) is 5.10 Å². The minimum absolute atomic E-state index is 0.148. The van der Waals surface area contributed by atoms with Gasteiger partial charge in [0.1, 0.15) is 0 Å². The van der Waals surface area contributed by atoms with Gasteiger partial charge in [0.15, 0.2) is 0 Å². The standard InChI is InChI=1S/C13H16N2O4/c1-3-18-12(16)15(13(17)19-4-2)14-10-11-8-6-5-7-9-11/h5-10H,3-4H2,1-2H3. The van der Waals surface area contributed by atoms with Gasteiger partial charge in [0.2, 0.25) is 0 Å². The van der Waals surface area contributed by atoms with Gasteiger partial charge in [-0.3, -0.25) is 0 Å². The van der Waals surface area contributed by atoms with Crippen molar-refractivity contribution in [2.24, 2.45) is 5.10 Å². The summed E-state index contributed by atoms with van der Waals surface area (Å²) in [6, 6.07) is 9.07. The molecule has 0 aromatic heterocycles. The molecule has 0 radical (unpaired) electrons. The summed E-state index contributed by atoms with van der Waals surface area (Å²) in [7, 11) is 0. The summed E-state index contributed by atoms with van der Waals surface area (Å²) in [5.41, 5.74) is 0.751. The molecular weight excluding hydrogens is 248 g/mol. The van der Waals surface area contributed by atoms with Crippen LogP contribution in [0.5, 0.6) is 0 Å². The third-order valence-corrected chi connectivity index (χ3v) is 2.00. The molecule has 0 heterocycles. The van der Waals surface area contributed by atoms with E-state index in [1.165, 1.54) is 6.21 Å². The summed E-state index contributed by atoms with van der Waals surface area (Å²) >= 11 is 0. The third kappa shape index (κ3) is 4.79. The van der Waals surface area contributed by atoms with Crippen LogP contribution in [0.2, 0.25) is 0 Å². The lowest BCUT2D eigenvalue weighted by Gasteiger charge is -2.13. The average molecular weight is 264 g/mol. The number of rotatable bonds is 4. The quantitative estimate of drug-likeness (QED) is 0.619. The molecule has 6 heteroatoms. The molecule has 1 aromatic carbocycles. The third-order valence-electron chi connectivity index (χ3n) is 2.00. The van der Waals surface area contributed by atoms with Crippen molar-refractivity contribution in [2.45, 2.75) is 13.8 Å². The first kappa shape index (κ1) is 14.7. The molecule has 2 amide bonds. The maximum Gasteiger partial charge on any atom is 0.440 e. The van der Waals surface area contributed by atoms with E-state index < -0.39 is 12.2 Å². The zero-order valence-electron chi connectivity index (χ0n) is 10.9. The number of nitrogens with zero attached hydrogens (tertiary/aromatic N) is 2. The molecule has 0 unspecified atom stereocenters. The predicted octanol–water partition coefficient (Wildman–Crippen LogP) is 2.64. The Bertz CT molecular complexity index is 427. The Morgan fingerprint density at radius 1 is 1.11 bits per heavy atom. The van der Waals surface area contributed by atoms with E-state index in [1.807, 2.05) is 18.2 Å². The van der Waals surface area contributed by atoms with Gasteiger partial charge < -0.3 is 9.47 Å². The lowest BCUT2D eigenvalue weighted by atomic mass is 10.2. The Morgan fingerprint density at radius 2 is 1.63 bits per heavy atom. The van der Waals surface area contributed by atoms with Crippen molar-refractivity contribution in [3.63, 3.8) is 0 Å². The number of amides is 2. The predicted molar refractivity (Wildman–Crippen MR) is 69.9 cm³/mol. The van der Waals surface area contributed by atoms with E-state index in [1.54, 1.807) is 26.0 Å². The van der Waals surface area contributed by atoms with Gasteiger partial charge in [-0.25, -0.2) is 9.59 Å². The van der Waals surface area contributed by atoms with Crippen LogP contribution in [0.1, 0.15) is 19.4 Å². The highest BCUT2D eigenvalue weighted by atomic mass is 16.6. The number of carbonyl (C=O) groups excluding carboxylic acids is 2. The van der Waals surface area contributed by atoms with E-state index in [0.717, 1.165) is 5.56 Å². The summed E-state index contributed by atoms with van der Waals surface area (Å²) in [6.45, 7) is 3.58. The highest BCUT2D eigenvalue weighted by molar-refractivity contribution is 5.90. The van der Waals surface area contributed by atoms with Gasteiger partial charge in [-0.1, -0.05) is 35.3 Å². The van der Waals surface area contributed by atoms with E-state index in [9.17, 15) is 9.59 Å². The Hall–Kier alpha value is -2.37. The molecule has 6 nitrogen and oxygen atoms in total. The van der Waals surface area contributed by atoms with Gasteiger partial charge in [-0.2, -0.15) is 5.10 Å². The second-order valence-corrected chi connectivity index (χ2v) is 3.36. The summed E-state index contributed by atoms with van der Waals surface area (Å²) in [5.74, 6) is 0. The van der Waals surface area contributed by atoms with Crippen LogP contribution in [0.25, 0.3) is 0 Å². The van der Waals surface area contributed by atoms with Crippen LogP contribution in [0.15, 0.2) is 35.4 Å². The molecule has 0 N–H and O–H groups in total. The van der Waals surface area contributed by atoms with E-state index in [0.29, 0.717) is 5.01 Å². The zero-order valence-corrected chi connectivity index (χ0v) is 10.9. The van der Waals surface area contributed by atoms with Gasteiger partial charge in [0.25, 0.3) is 0 Å². The Morgan fingerprint density at radius 3 is 2.11 bits per heavy atom. The fourth-order valence-electron chi connectivity index (χ4n) is 1.20. The number of benzene rings is 1. The average Bonchev–Trinajstić information content (AvgIpc) is 2.41. The van der Waals surface area contributed by atoms with Gasteiger partial charge >= 0.3 is 12.2 Å². The molecule has 0 saturated carbocycles. The number of hydrazone groups is 1. The van der Waals surface area contributed by atoms with Crippen LogP contribution < -0.4 is 0 Å². The van der Waals surface area contributed by atoms with Crippen molar-refractivity contribution >= 4 is 18.4 Å². The summed E-state index contributed by atoms with van der Waals surface area (Å²) in [4.78, 5) is 23.1. The number of ether oxygens (including phenoxy) is 2. The van der Waals surface area contributed by atoms with Crippen LogP contribution in [-0.2, 0) is 9.47 Å². The SMILES string of the molecule is CCOC(=O)N(N=Cc1ccccc1)C(=O)OCC. The molecular formula is C13H16N2O4. The second-order valence-electron chi connectivity index (χ2n) is 3.36. The van der Waals surface area contributed by atoms with Gasteiger partial charge in [0.05, 0.1) is 19.4 Å². The van der Waals surface area contributed by atoms with Gasteiger partial charge in [-0.15, -0.1) is 0 Å². The lowest BCUT2D eigenvalue weighted by Crippen LogP contribution is -2.33. The van der Waals surface area contributed by atoms with Crippen molar-refractivity contribution in [3.05, 3.63) is 35.9 Å². The molecule has 0 aliphatic heterocycles. The molecule has 0 spiro atoms. The van der Waals surface area contributed by atoms with Crippen LogP contribution in [-0.4, -0.2) is 36.6 Å². The molecule has 1 rings (SSSR count). The van der Waals surface area contributed by atoms with E-state index >= 15 is 0 Å². The highest BCUT2D eigenvalue weighted by Crippen LogP contribution is 2.02. The number of hydrogen-bond acceptors (Lipinski definition) is 5. The summed E-state index contributed by atoms with van der Waals surface area (Å²) in [5, 5.41) is 4.35. The molecule has 19 heavy (non-hydrogen) atoms. The van der Waals surface area contributed by atoms with Crippen LogP contribution in [0.3, 0.4) is 0 Å². The lowest BCUT2D eigenvalue weighted by molar-refractivity contribution is 0.0826. The van der Waals surface area contributed by atoms with Crippen molar-refractivity contribution < 1.29 is 19.1 Å². The smallest absolute Gasteiger partial charge is 0.440 e. The molecule has 0 fully saturated rings. The van der Waals surface area contributed by atoms with Crippen LogP contribution in [0.4, 0.5) is 9.59 Å². The number of carbonyl (C=O) groups is 2. The maximum absolute atomic E-state index is 11.6. The normalized spacial score (nSPS) is 10.2. The Kier molecular flexibility index (Phi) is 6.08. The minimum atomic E-state index is -0.867. The molecule has 0 saturated heterocycles. The monoisotopic (exact) mass is 264 g/mol. The second kappa shape index (κ2) is 7.86. The first-order valence-electron chi connectivity index (χ1n) is 5.91. The van der Waals surface area contributed by atoms with Gasteiger partial charge in [-0.05, 0) is 19.4 Å². The zero-order chi connectivity index (χ0) is 14.1. The molecule has 0 aliphatic rings. The minimum Gasteiger partial charge on any atom is -0.448 e. The fourth-order valence-corrected chi connectivity index (χ4v) is 1.20. The van der Waals surface area contributed by atoms with Crippen molar-refractivity contribution in [3.8, 4) is 0 Å². The Balaban J connectivity index is 2.82. The summed E-state index contributed by atoms with van der Waals surface area (Å²) < 4.78 is 9.46. The first-order valence-corrected chi connectivity index (χ1v) is 5.91. The van der Waals surface area contributed by atoms with Gasteiger partial charge in [0, 0.05) is 0 Å². The largest absolute Gasteiger partial charge is 0.448 e.